The average molecular weight is 532 g/mol. The zero-order valence-electron chi connectivity index (χ0n) is 9.34. The van der Waals surface area contributed by atoms with Crippen LogP contribution in [0.1, 0.15) is 18.5 Å². The fourth-order valence-electron chi connectivity index (χ4n) is 1.63. The zero-order chi connectivity index (χ0) is 10.1. The van der Waals surface area contributed by atoms with Crippen LogP contribution in [-0.4, -0.2) is 22.5 Å². The third-order valence-electron chi connectivity index (χ3n) is 2.41. The van der Waals surface area contributed by atoms with Gasteiger partial charge in [0.1, 0.15) is 0 Å². The quantitative estimate of drug-likeness (QED) is 0.561. The molecule has 2 rings (SSSR count). The molecule has 0 spiro atoms. The fraction of sp³-hybridized carbons (Fsp3) is 0.167. The fourth-order valence-corrected chi connectivity index (χ4v) is 2.93. The van der Waals surface area contributed by atoms with Crippen molar-refractivity contribution in [3.05, 3.63) is 42.0 Å². The SMILES string of the molecule is Br.Br.Br.CC(N)c1cc2ccccc2c[c]1[Sn]. The van der Waals surface area contributed by atoms with Crippen molar-refractivity contribution in [1.82, 2.24) is 0 Å². The maximum absolute atomic E-state index is 5.92. The number of nitrogens with two attached hydrogens (primary N) is 1. The number of rotatable bonds is 1. The Bertz CT molecular complexity index is 474. The molecule has 0 bridgehead atoms. The molecule has 0 heterocycles. The summed E-state index contributed by atoms with van der Waals surface area (Å²) in [5.74, 6) is 0. The first-order valence-electron chi connectivity index (χ1n) is 4.68. The summed E-state index contributed by atoms with van der Waals surface area (Å²) in [7, 11) is 0. The molecule has 0 amide bonds. The topological polar surface area (TPSA) is 26.0 Å². The molecule has 0 aliphatic rings. The maximum atomic E-state index is 5.92. The van der Waals surface area contributed by atoms with Crippen molar-refractivity contribution in [1.29, 1.82) is 0 Å². The van der Waals surface area contributed by atoms with Crippen LogP contribution in [0.25, 0.3) is 10.8 Å². The Balaban J connectivity index is 0. The van der Waals surface area contributed by atoms with Crippen LogP contribution in [0.15, 0.2) is 36.4 Å². The first kappa shape index (κ1) is 20.2. The number of benzene rings is 2. The van der Waals surface area contributed by atoms with Crippen molar-refractivity contribution in [3.8, 4) is 0 Å². The van der Waals surface area contributed by atoms with Gasteiger partial charge in [-0.15, -0.1) is 50.9 Å². The summed E-state index contributed by atoms with van der Waals surface area (Å²) in [5, 5.41) is 2.59. The minimum atomic E-state index is 0. The summed E-state index contributed by atoms with van der Waals surface area (Å²) in [4.78, 5) is 0. The predicted molar refractivity (Wildman–Crippen MR) is 92.9 cm³/mol. The monoisotopic (exact) mass is 530 g/mol. The van der Waals surface area contributed by atoms with E-state index in [1.54, 1.807) is 0 Å². The molecular weight excluding hydrogens is 517 g/mol. The van der Waals surface area contributed by atoms with Crippen molar-refractivity contribution < 1.29 is 0 Å². The van der Waals surface area contributed by atoms with E-state index in [-0.39, 0.29) is 57.0 Å². The zero-order valence-corrected chi connectivity index (χ0v) is 17.3. The van der Waals surface area contributed by atoms with E-state index in [0.29, 0.717) is 0 Å². The van der Waals surface area contributed by atoms with Crippen molar-refractivity contribution in [2.45, 2.75) is 13.0 Å². The molecule has 93 valence electrons. The van der Waals surface area contributed by atoms with Crippen LogP contribution < -0.4 is 9.31 Å². The molecule has 0 aliphatic heterocycles. The van der Waals surface area contributed by atoms with Crippen molar-refractivity contribution >= 4 is 87.8 Å². The third-order valence-corrected chi connectivity index (χ3v) is 3.64. The van der Waals surface area contributed by atoms with Crippen LogP contribution in [0.4, 0.5) is 0 Å². The van der Waals surface area contributed by atoms with Gasteiger partial charge in [0.15, 0.2) is 0 Å². The predicted octanol–water partition coefficient (Wildman–Crippen LogP) is 3.39. The van der Waals surface area contributed by atoms with Gasteiger partial charge in [-0.05, 0) is 0 Å². The summed E-state index contributed by atoms with van der Waals surface area (Å²) in [6.45, 7) is 2.04. The second-order valence-electron chi connectivity index (χ2n) is 3.58. The van der Waals surface area contributed by atoms with E-state index >= 15 is 0 Å². The Labute approximate surface area is 147 Å². The van der Waals surface area contributed by atoms with E-state index in [9.17, 15) is 0 Å². The van der Waals surface area contributed by atoms with Crippen LogP contribution in [0.3, 0.4) is 0 Å². The molecular formula is C12H15Br3NSn. The van der Waals surface area contributed by atoms with Crippen LogP contribution in [0.5, 0.6) is 0 Å². The van der Waals surface area contributed by atoms with Gasteiger partial charge in [-0.1, -0.05) is 0 Å². The molecule has 5 heteroatoms. The first-order chi connectivity index (χ1) is 6.68. The van der Waals surface area contributed by atoms with Gasteiger partial charge < -0.3 is 0 Å². The van der Waals surface area contributed by atoms with Crippen molar-refractivity contribution in [3.63, 3.8) is 0 Å². The van der Waals surface area contributed by atoms with E-state index < -0.39 is 0 Å². The van der Waals surface area contributed by atoms with Crippen LogP contribution >= 0.6 is 50.9 Å². The molecule has 1 nitrogen and oxygen atoms in total. The second kappa shape index (κ2) is 8.91. The molecule has 0 aromatic heterocycles. The van der Waals surface area contributed by atoms with Gasteiger partial charge >= 0.3 is 97.5 Å². The van der Waals surface area contributed by atoms with E-state index in [1.165, 1.54) is 42.4 Å². The average Bonchev–Trinajstić information content (AvgIpc) is 2.16. The third kappa shape index (κ3) is 4.82. The molecule has 3 radical (unpaired) electrons. The molecule has 17 heavy (non-hydrogen) atoms. The number of halogens is 3. The summed E-state index contributed by atoms with van der Waals surface area (Å²) in [5.41, 5.74) is 7.20. The van der Waals surface area contributed by atoms with Gasteiger partial charge in [0.05, 0.1) is 0 Å². The summed E-state index contributed by atoms with van der Waals surface area (Å²) in [6.07, 6.45) is 0. The molecule has 0 saturated heterocycles. The van der Waals surface area contributed by atoms with E-state index in [4.69, 9.17) is 5.73 Å². The molecule has 2 aromatic carbocycles. The van der Waals surface area contributed by atoms with Gasteiger partial charge in [0, 0.05) is 0 Å². The van der Waals surface area contributed by atoms with Crippen LogP contribution in [0.2, 0.25) is 0 Å². The normalized spacial score (nSPS) is 10.8. The van der Waals surface area contributed by atoms with E-state index in [0.717, 1.165) is 0 Å². The Morgan fingerprint density at radius 3 is 1.94 bits per heavy atom. The molecule has 2 aromatic rings. The van der Waals surface area contributed by atoms with E-state index in [1.807, 2.05) is 6.92 Å². The van der Waals surface area contributed by atoms with Gasteiger partial charge in [0.2, 0.25) is 0 Å². The van der Waals surface area contributed by atoms with E-state index in [2.05, 4.69) is 36.4 Å². The standard InChI is InChI=1S/C12H12N.3BrH.Sn/c1-9(13)11-7-6-10-4-2-3-5-12(10)8-11;;;;/h2-6,8-9H,13H2,1H3;3*1H;. The summed E-state index contributed by atoms with van der Waals surface area (Å²) >= 11 is 1.43. The van der Waals surface area contributed by atoms with Crippen LogP contribution in [-0.2, 0) is 0 Å². The molecule has 0 aliphatic carbocycles. The van der Waals surface area contributed by atoms with Gasteiger partial charge in [-0.25, -0.2) is 0 Å². The van der Waals surface area contributed by atoms with Gasteiger partial charge in [0.25, 0.3) is 0 Å². The Morgan fingerprint density at radius 1 is 1.00 bits per heavy atom. The Kier molecular flexibility index (Phi) is 10.6. The second-order valence-corrected chi connectivity index (χ2v) is 5.11. The molecule has 0 fully saturated rings. The summed E-state index contributed by atoms with van der Waals surface area (Å²) in [6, 6.07) is 13.0. The van der Waals surface area contributed by atoms with Gasteiger partial charge in [-0.3, -0.25) is 0 Å². The Hall–Kier alpha value is 0.899. The first-order valence-corrected chi connectivity index (χ1v) is 6.11. The van der Waals surface area contributed by atoms with Gasteiger partial charge in [-0.2, -0.15) is 0 Å². The number of fused-ring (bicyclic) bond motifs is 1. The van der Waals surface area contributed by atoms with Crippen molar-refractivity contribution in [2.75, 3.05) is 0 Å². The molecule has 1 atom stereocenters. The number of hydrogen-bond donors (Lipinski definition) is 1. The molecule has 1 unspecified atom stereocenters. The Morgan fingerprint density at radius 2 is 1.47 bits per heavy atom. The minimum absolute atomic E-state index is 0. The molecule has 2 N–H and O–H groups in total. The van der Waals surface area contributed by atoms with Crippen molar-refractivity contribution in [2.24, 2.45) is 5.73 Å². The van der Waals surface area contributed by atoms with Crippen LogP contribution in [0, 0.1) is 0 Å². The summed E-state index contributed by atoms with van der Waals surface area (Å²) < 4.78 is 1.37. The molecule has 0 saturated carbocycles. The number of hydrogen-bond acceptors (Lipinski definition) is 1.